The Morgan fingerprint density at radius 1 is 1.00 bits per heavy atom. The Kier molecular flexibility index (Phi) is 6.65. The Bertz CT molecular complexity index is 1190. The zero-order valence-electron chi connectivity index (χ0n) is 15.8. The molecule has 156 valence electrons. The molecule has 0 unspecified atom stereocenters. The number of para-hydroxylation sites is 2. The van der Waals surface area contributed by atoms with Crippen molar-refractivity contribution in [1.82, 2.24) is 0 Å². The Morgan fingerprint density at radius 3 is 2.27 bits per heavy atom. The van der Waals surface area contributed by atoms with Crippen LogP contribution in [0.5, 0.6) is 0 Å². The summed E-state index contributed by atoms with van der Waals surface area (Å²) >= 11 is 12.3. The van der Waals surface area contributed by atoms with Crippen molar-refractivity contribution in [3.8, 4) is 0 Å². The Hall–Kier alpha value is -2.61. The molecule has 30 heavy (non-hydrogen) atoms. The molecule has 0 atom stereocenters. The molecule has 1 N–H and O–H groups in total. The number of anilines is 2. The number of nitrogens with zero attached hydrogens (tertiary/aromatic N) is 1. The number of halogens is 3. The molecule has 0 fully saturated rings. The summed E-state index contributed by atoms with van der Waals surface area (Å²) in [6.45, 7) is 1.82. The van der Waals surface area contributed by atoms with Crippen LogP contribution in [0.3, 0.4) is 0 Å². The first-order valence-corrected chi connectivity index (χ1v) is 11.1. The molecule has 0 radical (unpaired) electrons. The van der Waals surface area contributed by atoms with Crippen molar-refractivity contribution in [1.29, 1.82) is 0 Å². The highest BCUT2D eigenvalue weighted by Gasteiger charge is 2.28. The number of sulfonamides is 1. The Balaban J connectivity index is 2.04. The van der Waals surface area contributed by atoms with Crippen molar-refractivity contribution >= 4 is 50.5 Å². The first-order valence-electron chi connectivity index (χ1n) is 8.88. The first-order chi connectivity index (χ1) is 14.3. The summed E-state index contributed by atoms with van der Waals surface area (Å²) < 4.78 is 41.6. The molecule has 0 aliphatic carbocycles. The van der Waals surface area contributed by atoms with E-state index >= 15 is 0 Å². The molecule has 0 spiro atoms. The molecule has 3 rings (SSSR count). The third-order valence-corrected chi connectivity index (χ3v) is 6.97. The van der Waals surface area contributed by atoms with E-state index in [0.29, 0.717) is 5.69 Å². The topological polar surface area (TPSA) is 66.5 Å². The second kappa shape index (κ2) is 9.04. The van der Waals surface area contributed by atoms with E-state index in [1.807, 2.05) is 0 Å². The minimum Gasteiger partial charge on any atom is -0.319 e. The minimum absolute atomic E-state index is 0.0580. The number of amides is 1. The molecule has 0 heterocycles. The third-order valence-electron chi connectivity index (χ3n) is 4.29. The van der Waals surface area contributed by atoms with E-state index in [4.69, 9.17) is 23.2 Å². The maximum absolute atomic E-state index is 13.9. The van der Waals surface area contributed by atoms with Gasteiger partial charge in [-0.15, -0.1) is 0 Å². The van der Waals surface area contributed by atoms with Crippen LogP contribution in [0.25, 0.3) is 0 Å². The highest BCUT2D eigenvalue weighted by Crippen LogP contribution is 2.33. The van der Waals surface area contributed by atoms with E-state index < -0.39 is 21.7 Å². The fourth-order valence-electron chi connectivity index (χ4n) is 2.86. The van der Waals surface area contributed by atoms with Gasteiger partial charge in [0, 0.05) is 6.54 Å². The minimum atomic E-state index is -4.10. The monoisotopic (exact) mass is 466 g/mol. The van der Waals surface area contributed by atoms with Gasteiger partial charge in [-0.25, -0.2) is 12.8 Å². The summed E-state index contributed by atoms with van der Waals surface area (Å²) in [5.41, 5.74) is 0.243. The molecular formula is C21H17Cl2FN2O3S. The summed E-state index contributed by atoms with van der Waals surface area (Å²) in [5.74, 6) is -1.40. The van der Waals surface area contributed by atoms with Gasteiger partial charge < -0.3 is 5.32 Å². The zero-order chi connectivity index (χ0) is 21.9. The molecule has 0 bridgehead atoms. The molecule has 0 aromatic heterocycles. The van der Waals surface area contributed by atoms with Gasteiger partial charge in [0.1, 0.15) is 10.7 Å². The van der Waals surface area contributed by atoms with Crippen LogP contribution in [0.2, 0.25) is 10.0 Å². The van der Waals surface area contributed by atoms with E-state index in [9.17, 15) is 17.6 Å². The molecule has 0 saturated carbocycles. The molecule has 1 amide bonds. The second-order valence-corrected chi connectivity index (χ2v) is 8.85. The lowest BCUT2D eigenvalue weighted by Crippen LogP contribution is -2.31. The number of nitrogens with one attached hydrogen (secondary N) is 1. The SMILES string of the molecule is CCN(c1ccccc1)S(=O)(=O)c1cc(C(=O)Nc2ccccc2F)c(Cl)cc1Cl. The fraction of sp³-hybridized carbons (Fsp3) is 0.0952. The number of hydrogen-bond acceptors (Lipinski definition) is 3. The first kappa shape index (κ1) is 22.1. The van der Waals surface area contributed by atoms with Gasteiger partial charge in [0.15, 0.2) is 0 Å². The molecule has 5 nitrogen and oxygen atoms in total. The van der Waals surface area contributed by atoms with E-state index in [1.165, 1.54) is 28.6 Å². The lowest BCUT2D eigenvalue weighted by molar-refractivity contribution is 0.102. The quantitative estimate of drug-likeness (QED) is 0.513. The molecule has 3 aromatic carbocycles. The molecule has 9 heteroatoms. The van der Waals surface area contributed by atoms with Crippen LogP contribution in [-0.2, 0) is 10.0 Å². The van der Waals surface area contributed by atoms with E-state index in [2.05, 4.69) is 5.32 Å². The van der Waals surface area contributed by atoms with E-state index in [-0.39, 0.29) is 32.7 Å². The summed E-state index contributed by atoms with van der Waals surface area (Å²) in [7, 11) is -4.10. The van der Waals surface area contributed by atoms with Crippen molar-refractivity contribution < 1.29 is 17.6 Å². The highest BCUT2D eigenvalue weighted by atomic mass is 35.5. The van der Waals surface area contributed by atoms with Crippen LogP contribution in [0, 0.1) is 5.82 Å². The van der Waals surface area contributed by atoms with Crippen molar-refractivity contribution in [2.45, 2.75) is 11.8 Å². The highest BCUT2D eigenvalue weighted by molar-refractivity contribution is 7.93. The molecule has 0 saturated heterocycles. The smallest absolute Gasteiger partial charge is 0.265 e. The fourth-order valence-corrected chi connectivity index (χ4v) is 5.17. The largest absolute Gasteiger partial charge is 0.319 e. The number of benzene rings is 3. The predicted octanol–water partition coefficient (Wildman–Crippen LogP) is 5.60. The van der Waals surface area contributed by atoms with Crippen LogP contribution in [0.15, 0.2) is 71.6 Å². The van der Waals surface area contributed by atoms with Crippen LogP contribution < -0.4 is 9.62 Å². The average Bonchev–Trinajstić information content (AvgIpc) is 2.70. The lowest BCUT2D eigenvalue weighted by atomic mass is 10.2. The molecule has 3 aromatic rings. The Morgan fingerprint density at radius 2 is 1.63 bits per heavy atom. The van der Waals surface area contributed by atoms with Gasteiger partial charge in [0.25, 0.3) is 15.9 Å². The number of carbonyl (C=O) groups excluding carboxylic acids is 1. The lowest BCUT2D eigenvalue weighted by Gasteiger charge is -2.24. The second-order valence-electron chi connectivity index (χ2n) is 6.20. The van der Waals surface area contributed by atoms with Crippen molar-refractivity contribution in [2.24, 2.45) is 0 Å². The van der Waals surface area contributed by atoms with Gasteiger partial charge in [0.05, 0.1) is 27.0 Å². The van der Waals surface area contributed by atoms with Crippen LogP contribution in [0.1, 0.15) is 17.3 Å². The summed E-state index contributed by atoms with van der Waals surface area (Å²) in [4.78, 5) is 12.4. The normalized spacial score (nSPS) is 11.2. The number of hydrogen-bond donors (Lipinski definition) is 1. The number of carbonyl (C=O) groups is 1. The van der Waals surface area contributed by atoms with Crippen molar-refractivity contribution in [2.75, 3.05) is 16.2 Å². The van der Waals surface area contributed by atoms with Gasteiger partial charge in [-0.05, 0) is 43.3 Å². The van der Waals surface area contributed by atoms with Gasteiger partial charge in [0.2, 0.25) is 0 Å². The maximum Gasteiger partial charge on any atom is 0.265 e. The maximum atomic E-state index is 13.9. The van der Waals surface area contributed by atoms with Crippen LogP contribution in [-0.4, -0.2) is 20.9 Å². The van der Waals surface area contributed by atoms with Crippen molar-refractivity contribution in [3.05, 3.63) is 88.2 Å². The molecule has 0 aliphatic rings. The zero-order valence-corrected chi connectivity index (χ0v) is 18.1. The molecular weight excluding hydrogens is 450 g/mol. The van der Waals surface area contributed by atoms with Crippen LogP contribution >= 0.6 is 23.2 Å². The summed E-state index contributed by atoms with van der Waals surface area (Å²) in [6, 6.07) is 16.4. The van der Waals surface area contributed by atoms with Gasteiger partial charge in [-0.3, -0.25) is 9.10 Å². The van der Waals surface area contributed by atoms with Gasteiger partial charge in [-0.2, -0.15) is 0 Å². The summed E-state index contributed by atoms with van der Waals surface area (Å²) in [5, 5.41) is 2.20. The van der Waals surface area contributed by atoms with Crippen LogP contribution in [0.4, 0.5) is 15.8 Å². The average molecular weight is 467 g/mol. The Labute approximate surface area is 184 Å². The van der Waals surface area contributed by atoms with Gasteiger partial charge in [-0.1, -0.05) is 53.5 Å². The molecule has 0 aliphatic heterocycles. The predicted molar refractivity (Wildman–Crippen MR) is 117 cm³/mol. The number of rotatable bonds is 6. The van der Waals surface area contributed by atoms with Crippen molar-refractivity contribution in [3.63, 3.8) is 0 Å². The third kappa shape index (κ3) is 4.43. The van der Waals surface area contributed by atoms with E-state index in [0.717, 1.165) is 6.07 Å². The standard InChI is InChI=1S/C21H17Cl2FN2O3S/c1-2-26(14-8-4-3-5-9-14)30(28,29)20-12-15(16(22)13-17(20)23)21(27)25-19-11-7-6-10-18(19)24/h3-13H,2H2,1H3,(H,25,27). The van der Waals surface area contributed by atoms with Gasteiger partial charge >= 0.3 is 0 Å². The van der Waals surface area contributed by atoms with E-state index in [1.54, 1.807) is 43.3 Å². The summed E-state index contributed by atoms with van der Waals surface area (Å²) in [6.07, 6.45) is 0.